The number of hydrogen-bond donors (Lipinski definition) is 1. The molecule has 7 heteroatoms. The van der Waals surface area contributed by atoms with Gasteiger partial charge in [0.1, 0.15) is 10.7 Å². The Balaban J connectivity index is 1.53. The second-order valence-electron chi connectivity index (χ2n) is 8.26. The molecule has 1 saturated carbocycles. The predicted octanol–water partition coefficient (Wildman–Crippen LogP) is 3.51. The Morgan fingerprint density at radius 3 is 2.86 bits per heavy atom. The van der Waals surface area contributed by atoms with Gasteiger partial charge in [-0.15, -0.1) is 11.3 Å². The first-order chi connectivity index (χ1) is 13.5. The summed E-state index contributed by atoms with van der Waals surface area (Å²) in [7, 11) is 1.74. The number of hydrogen-bond acceptors (Lipinski definition) is 5. The molecular weight excluding hydrogens is 374 g/mol. The summed E-state index contributed by atoms with van der Waals surface area (Å²) in [6, 6.07) is 0. The third kappa shape index (κ3) is 3.62. The van der Waals surface area contributed by atoms with Crippen molar-refractivity contribution < 1.29 is 9.53 Å². The number of aromatic amines is 1. The quantitative estimate of drug-likeness (QED) is 0.851. The third-order valence-electron chi connectivity index (χ3n) is 6.49. The number of nitrogens with one attached hydrogen (secondary N) is 1. The van der Waals surface area contributed by atoms with Gasteiger partial charge in [-0.25, -0.2) is 4.98 Å². The molecule has 0 bridgehead atoms. The predicted molar refractivity (Wildman–Crippen MR) is 111 cm³/mol. The molecule has 1 N–H and O–H groups in total. The number of methoxy groups -OCH3 is 1. The molecule has 4 rings (SSSR count). The van der Waals surface area contributed by atoms with Crippen LogP contribution in [0.15, 0.2) is 4.79 Å². The van der Waals surface area contributed by atoms with Gasteiger partial charge in [-0.05, 0) is 51.5 Å². The van der Waals surface area contributed by atoms with Crippen LogP contribution in [0.3, 0.4) is 0 Å². The van der Waals surface area contributed by atoms with Crippen LogP contribution in [-0.4, -0.2) is 47.1 Å². The number of aromatic nitrogens is 2. The van der Waals surface area contributed by atoms with E-state index in [1.165, 1.54) is 0 Å². The molecular formula is C21H29N3O3S. The fourth-order valence-electron chi connectivity index (χ4n) is 4.71. The van der Waals surface area contributed by atoms with Gasteiger partial charge >= 0.3 is 0 Å². The molecule has 3 heterocycles. The number of H-pyrrole nitrogens is 1. The Morgan fingerprint density at radius 2 is 2.07 bits per heavy atom. The molecule has 0 aromatic carbocycles. The van der Waals surface area contributed by atoms with Gasteiger partial charge < -0.3 is 14.6 Å². The molecule has 1 aliphatic carbocycles. The van der Waals surface area contributed by atoms with Crippen LogP contribution >= 0.6 is 11.3 Å². The second kappa shape index (κ2) is 7.95. The van der Waals surface area contributed by atoms with Gasteiger partial charge in [0.15, 0.2) is 0 Å². The lowest BCUT2D eigenvalue weighted by molar-refractivity contribution is -0.139. The highest BCUT2D eigenvalue weighted by Crippen LogP contribution is 2.32. The van der Waals surface area contributed by atoms with E-state index in [0.29, 0.717) is 11.9 Å². The summed E-state index contributed by atoms with van der Waals surface area (Å²) in [5.41, 5.74) is 0.964. The smallest absolute Gasteiger partial charge is 0.259 e. The topological polar surface area (TPSA) is 75.3 Å². The molecule has 2 aliphatic rings. The molecule has 2 aromatic rings. The molecule has 1 aliphatic heterocycles. The first kappa shape index (κ1) is 19.6. The summed E-state index contributed by atoms with van der Waals surface area (Å²) < 4.78 is 5.50. The van der Waals surface area contributed by atoms with E-state index in [0.717, 1.165) is 66.2 Å². The van der Waals surface area contributed by atoms with Crippen molar-refractivity contribution >= 4 is 27.5 Å². The Bertz CT molecular complexity index is 935. The fourth-order valence-corrected chi connectivity index (χ4v) is 5.74. The minimum absolute atomic E-state index is 0.0551. The SMILES string of the molecule is CO[C@@H]1CCC[C@H](C(=O)N2CCC[C@@H](c3nc4sc(C)c(C)c4c(=O)[nH]3)C2)C1. The monoisotopic (exact) mass is 403 g/mol. The highest BCUT2D eigenvalue weighted by Gasteiger charge is 2.33. The molecule has 1 saturated heterocycles. The number of piperidine rings is 1. The van der Waals surface area contributed by atoms with Crippen molar-refractivity contribution in [1.29, 1.82) is 0 Å². The van der Waals surface area contributed by atoms with Crippen molar-refractivity contribution in [2.75, 3.05) is 20.2 Å². The zero-order valence-electron chi connectivity index (χ0n) is 16.9. The van der Waals surface area contributed by atoms with Crippen LogP contribution in [0.1, 0.15) is 60.7 Å². The lowest BCUT2D eigenvalue weighted by Crippen LogP contribution is -2.44. The summed E-state index contributed by atoms with van der Waals surface area (Å²) in [6.07, 6.45) is 5.98. The minimum atomic E-state index is -0.0551. The zero-order chi connectivity index (χ0) is 19.8. The van der Waals surface area contributed by atoms with Crippen molar-refractivity contribution in [1.82, 2.24) is 14.9 Å². The molecule has 0 spiro atoms. The van der Waals surface area contributed by atoms with Crippen LogP contribution < -0.4 is 5.56 Å². The molecule has 3 atom stereocenters. The van der Waals surface area contributed by atoms with Crippen molar-refractivity contribution in [3.63, 3.8) is 0 Å². The van der Waals surface area contributed by atoms with E-state index >= 15 is 0 Å². The van der Waals surface area contributed by atoms with Gasteiger partial charge in [0.2, 0.25) is 5.91 Å². The van der Waals surface area contributed by atoms with E-state index in [1.54, 1.807) is 18.4 Å². The largest absolute Gasteiger partial charge is 0.381 e. The van der Waals surface area contributed by atoms with Crippen LogP contribution in [0.25, 0.3) is 10.2 Å². The first-order valence-electron chi connectivity index (χ1n) is 10.3. The summed E-state index contributed by atoms with van der Waals surface area (Å²) in [4.78, 5) is 37.5. The van der Waals surface area contributed by atoms with Crippen molar-refractivity contribution in [3.05, 3.63) is 26.6 Å². The Hall–Kier alpha value is -1.73. The van der Waals surface area contributed by atoms with Crippen molar-refractivity contribution in [2.45, 2.75) is 64.4 Å². The maximum Gasteiger partial charge on any atom is 0.259 e. The fraction of sp³-hybridized carbons (Fsp3) is 0.667. The van der Waals surface area contributed by atoms with E-state index in [-0.39, 0.29) is 29.4 Å². The average Bonchev–Trinajstić information content (AvgIpc) is 3.01. The van der Waals surface area contributed by atoms with E-state index in [2.05, 4.69) is 4.98 Å². The van der Waals surface area contributed by atoms with E-state index in [9.17, 15) is 9.59 Å². The van der Waals surface area contributed by atoms with Crippen LogP contribution in [0.2, 0.25) is 0 Å². The summed E-state index contributed by atoms with van der Waals surface area (Å²) >= 11 is 1.58. The maximum absolute atomic E-state index is 13.1. The number of ether oxygens (including phenoxy) is 1. The van der Waals surface area contributed by atoms with Crippen LogP contribution in [0, 0.1) is 19.8 Å². The Labute approximate surface area is 169 Å². The second-order valence-corrected chi connectivity index (χ2v) is 9.46. The van der Waals surface area contributed by atoms with Gasteiger partial charge in [0.25, 0.3) is 5.56 Å². The number of carbonyl (C=O) groups excluding carboxylic acids is 1. The van der Waals surface area contributed by atoms with Gasteiger partial charge in [-0.3, -0.25) is 9.59 Å². The molecule has 2 aromatic heterocycles. The summed E-state index contributed by atoms with van der Waals surface area (Å²) in [6.45, 7) is 5.44. The molecule has 2 fully saturated rings. The summed E-state index contributed by atoms with van der Waals surface area (Å²) in [5, 5.41) is 0.711. The highest BCUT2D eigenvalue weighted by atomic mass is 32.1. The number of thiophene rings is 1. The number of aryl methyl sites for hydroxylation is 2. The van der Waals surface area contributed by atoms with Crippen LogP contribution in [0.4, 0.5) is 0 Å². The molecule has 0 unspecified atom stereocenters. The number of likely N-dealkylation sites (tertiary alicyclic amines) is 1. The molecule has 1 amide bonds. The highest BCUT2D eigenvalue weighted by molar-refractivity contribution is 7.18. The van der Waals surface area contributed by atoms with Crippen molar-refractivity contribution in [3.8, 4) is 0 Å². The lowest BCUT2D eigenvalue weighted by atomic mass is 9.85. The van der Waals surface area contributed by atoms with Gasteiger partial charge in [0.05, 0.1) is 11.5 Å². The third-order valence-corrected chi connectivity index (χ3v) is 7.59. The first-order valence-corrected chi connectivity index (χ1v) is 11.1. The van der Waals surface area contributed by atoms with Crippen LogP contribution in [-0.2, 0) is 9.53 Å². The van der Waals surface area contributed by atoms with Crippen LogP contribution in [0.5, 0.6) is 0 Å². The Morgan fingerprint density at radius 1 is 1.25 bits per heavy atom. The molecule has 28 heavy (non-hydrogen) atoms. The summed E-state index contributed by atoms with van der Waals surface area (Å²) in [5.74, 6) is 1.14. The molecule has 6 nitrogen and oxygen atoms in total. The molecule has 0 radical (unpaired) electrons. The minimum Gasteiger partial charge on any atom is -0.381 e. The standard InChI is InChI=1S/C21H29N3O3S/c1-12-13(2)28-20-17(12)19(25)22-18(23-20)15-7-5-9-24(11-15)21(26)14-6-4-8-16(10-14)27-3/h14-16H,4-11H2,1-3H3,(H,22,23,25)/t14-,15+,16+/m0/s1. The number of nitrogens with zero attached hydrogens (tertiary/aromatic N) is 2. The number of fused-ring (bicyclic) bond motifs is 1. The van der Waals surface area contributed by atoms with E-state index < -0.39 is 0 Å². The zero-order valence-corrected chi connectivity index (χ0v) is 17.7. The van der Waals surface area contributed by atoms with Gasteiger partial charge in [-0.2, -0.15) is 0 Å². The number of carbonyl (C=O) groups is 1. The number of rotatable bonds is 3. The van der Waals surface area contributed by atoms with Gasteiger partial charge in [0, 0.05) is 36.9 Å². The average molecular weight is 404 g/mol. The van der Waals surface area contributed by atoms with Gasteiger partial charge in [-0.1, -0.05) is 6.42 Å². The van der Waals surface area contributed by atoms with E-state index in [1.807, 2.05) is 18.7 Å². The lowest BCUT2D eigenvalue weighted by Gasteiger charge is -2.36. The maximum atomic E-state index is 13.1. The number of amides is 1. The van der Waals surface area contributed by atoms with Crippen molar-refractivity contribution in [2.24, 2.45) is 5.92 Å². The van der Waals surface area contributed by atoms with E-state index in [4.69, 9.17) is 9.72 Å². The normalized spacial score (nSPS) is 26.0. The Kier molecular flexibility index (Phi) is 5.56. The molecule has 152 valence electrons.